The van der Waals surface area contributed by atoms with E-state index in [9.17, 15) is 19.7 Å². The van der Waals surface area contributed by atoms with Crippen LogP contribution in [0.5, 0.6) is 0 Å². The Morgan fingerprint density at radius 3 is 2.60 bits per heavy atom. The van der Waals surface area contributed by atoms with Crippen LogP contribution in [0.3, 0.4) is 0 Å². The van der Waals surface area contributed by atoms with E-state index >= 15 is 0 Å². The number of ether oxygens (including phenoxy) is 1. The van der Waals surface area contributed by atoms with Gasteiger partial charge in [0.2, 0.25) is 0 Å². The van der Waals surface area contributed by atoms with E-state index in [-0.39, 0.29) is 21.9 Å². The minimum absolute atomic E-state index is 0.0670. The van der Waals surface area contributed by atoms with Gasteiger partial charge in [-0.3, -0.25) is 25.1 Å². The minimum atomic E-state index is -0.750. The fourth-order valence-electron chi connectivity index (χ4n) is 3.02. The summed E-state index contributed by atoms with van der Waals surface area (Å²) in [5.41, 5.74) is 6.23. The highest BCUT2D eigenvalue weighted by atomic mass is 32.1. The molecule has 1 fully saturated rings. The molecule has 1 aromatic carbocycles. The molecule has 1 aliphatic heterocycles. The zero-order valence-electron chi connectivity index (χ0n) is 16.1. The number of nitrogens with two attached hydrogens (primary N) is 1. The van der Waals surface area contributed by atoms with Gasteiger partial charge < -0.3 is 15.8 Å². The van der Waals surface area contributed by atoms with Crippen molar-refractivity contribution in [2.24, 2.45) is 5.73 Å². The molecule has 3 rings (SSSR count). The van der Waals surface area contributed by atoms with Crippen molar-refractivity contribution in [2.45, 2.75) is 6.42 Å². The number of amides is 3. The summed E-state index contributed by atoms with van der Waals surface area (Å²) in [6.45, 7) is 4.57. The van der Waals surface area contributed by atoms with Gasteiger partial charge in [-0.25, -0.2) is 4.79 Å². The summed E-state index contributed by atoms with van der Waals surface area (Å²) in [6, 6.07) is 5.13. The van der Waals surface area contributed by atoms with Crippen LogP contribution in [0.15, 0.2) is 24.3 Å². The fourth-order valence-corrected chi connectivity index (χ4v) is 3.82. The monoisotopic (exact) mass is 434 g/mol. The third-order valence-electron chi connectivity index (χ3n) is 4.56. The van der Waals surface area contributed by atoms with Crippen LogP contribution in [0.25, 0.3) is 11.3 Å². The van der Waals surface area contributed by atoms with E-state index in [1.54, 1.807) is 0 Å². The van der Waals surface area contributed by atoms with Gasteiger partial charge in [-0.15, -0.1) is 0 Å². The maximum atomic E-state index is 12.2. The van der Waals surface area contributed by atoms with Crippen molar-refractivity contribution in [3.8, 4) is 11.3 Å². The van der Waals surface area contributed by atoms with Gasteiger partial charge in [0.15, 0.2) is 0 Å². The lowest BCUT2D eigenvalue weighted by molar-refractivity contribution is -0.384. The summed E-state index contributed by atoms with van der Waals surface area (Å²) in [7, 11) is 0. The first-order chi connectivity index (χ1) is 14.5. The number of anilines is 1. The van der Waals surface area contributed by atoms with Crippen molar-refractivity contribution in [3.05, 3.63) is 39.9 Å². The largest absolute Gasteiger partial charge is 0.379 e. The number of aromatic nitrogens is 1. The highest BCUT2D eigenvalue weighted by molar-refractivity contribution is 7.11. The number of hydrogen-bond donors (Lipinski definition) is 3. The number of carbonyl (C=O) groups is 2. The molecule has 0 saturated carbocycles. The summed E-state index contributed by atoms with van der Waals surface area (Å²) in [4.78, 5) is 36.7. The van der Waals surface area contributed by atoms with Gasteiger partial charge in [-0.1, -0.05) is 0 Å². The van der Waals surface area contributed by atoms with Crippen LogP contribution in [0, 0.1) is 10.1 Å². The SMILES string of the molecule is NC(=O)c1c(-c2ccc([N+](=O)[O-])cc2)nsc1NC(=O)NCCCN1CCOCC1. The lowest BCUT2D eigenvalue weighted by Gasteiger charge is -2.26. The van der Waals surface area contributed by atoms with E-state index in [0.29, 0.717) is 12.1 Å². The molecular formula is C18H22N6O5S. The number of hydrogen-bond acceptors (Lipinski definition) is 8. The number of carbonyl (C=O) groups excluding carboxylic acids is 2. The van der Waals surface area contributed by atoms with Crippen molar-refractivity contribution in [2.75, 3.05) is 44.7 Å². The molecule has 0 aliphatic carbocycles. The number of benzene rings is 1. The standard InChI is InChI=1S/C18H22N6O5S/c19-16(25)14-15(12-2-4-13(5-3-12)24(27)28)22-30-17(14)21-18(26)20-6-1-7-23-8-10-29-11-9-23/h2-5H,1,6-11H2,(H2,19,25)(H2,20,21,26). The Morgan fingerprint density at radius 2 is 1.97 bits per heavy atom. The Balaban J connectivity index is 1.59. The zero-order valence-corrected chi connectivity index (χ0v) is 16.9. The van der Waals surface area contributed by atoms with Crippen molar-refractivity contribution >= 4 is 34.2 Å². The first kappa shape index (κ1) is 21.6. The van der Waals surface area contributed by atoms with Crippen LogP contribution in [-0.4, -0.2) is 65.5 Å². The van der Waals surface area contributed by atoms with Crippen molar-refractivity contribution in [1.82, 2.24) is 14.6 Å². The quantitative estimate of drug-likeness (QED) is 0.324. The average Bonchev–Trinajstić information content (AvgIpc) is 3.15. The molecule has 0 radical (unpaired) electrons. The van der Waals surface area contributed by atoms with Crippen molar-refractivity contribution in [1.29, 1.82) is 0 Å². The van der Waals surface area contributed by atoms with E-state index in [1.807, 2.05) is 0 Å². The average molecular weight is 434 g/mol. The van der Waals surface area contributed by atoms with E-state index in [1.165, 1.54) is 24.3 Å². The highest BCUT2D eigenvalue weighted by Gasteiger charge is 2.22. The van der Waals surface area contributed by atoms with Gasteiger partial charge in [0.05, 0.1) is 23.8 Å². The molecule has 2 aromatic rings. The van der Waals surface area contributed by atoms with Crippen LogP contribution in [0.1, 0.15) is 16.8 Å². The van der Waals surface area contributed by atoms with Crippen molar-refractivity contribution < 1.29 is 19.2 Å². The molecule has 1 saturated heterocycles. The van der Waals surface area contributed by atoms with Crippen LogP contribution in [-0.2, 0) is 4.74 Å². The van der Waals surface area contributed by atoms with Crippen LogP contribution < -0.4 is 16.4 Å². The van der Waals surface area contributed by atoms with Crippen LogP contribution >= 0.6 is 11.5 Å². The van der Waals surface area contributed by atoms with Gasteiger partial charge in [0, 0.05) is 37.3 Å². The Hall–Kier alpha value is -3.09. The molecule has 1 aromatic heterocycles. The molecule has 0 atom stereocenters. The fraction of sp³-hybridized carbons (Fsp3) is 0.389. The minimum Gasteiger partial charge on any atom is -0.379 e. The van der Waals surface area contributed by atoms with E-state index in [4.69, 9.17) is 10.5 Å². The van der Waals surface area contributed by atoms with E-state index in [2.05, 4.69) is 19.9 Å². The number of non-ortho nitro benzene ring substituents is 1. The van der Waals surface area contributed by atoms with Crippen LogP contribution in [0.2, 0.25) is 0 Å². The lowest BCUT2D eigenvalue weighted by atomic mass is 10.1. The summed E-state index contributed by atoms with van der Waals surface area (Å²) >= 11 is 0.921. The molecule has 4 N–H and O–H groups in total. The smallest absolute Gasteiger partial charge is 0.319 e. The third-order valence-corrected chi connectivity index (χ3v) is 5.32. The molecule has 0 unspecified atom stereocenters. The number of morpholine rings is 1. The lowest BCUT2D eigenvalue weighted by Crippen LogP contribution is -2.38. The van der Waals surface area contributed by atoms with Gasteiger partial charge in [-0.2, -0.15) is 4.37 Å². The third kappa shape index (κ3) is 5.49. The molecule has 160 valence electrons. The second-order valence-corrected chi connectivity index (χ2v) is 7.37. The first-order valence-electron chi connectivity index (χ1n) is 9.35. The Morgan fingerprint density at radius 1 is 1.27 bits per heavy atom. The number of nitrogens with one attached hydrogen (secondary N) is 2. The Bertz CT molecular complexity index is 910. The number of urea groups is 1. The second-order valence-electron chi connectivity index (χ2n) is 6.59. The summed E-state index contributed by atoms with van der Waals surface area (Å²) in [6.07, 6.45) is 0.785. The summed E-state index contributed by atoms with van der Waals surface area (Å²) in [5, 5.41) is 16.4. The zero-order chi connectivity index (χ0) is 21.5. The predicted molar refractivity (Wildman–Crippen MR) is 112 cm³/mol. The molecular weight excluding hydrogens is 412 g/mol. The molecule has 30 heavy (non-hydrogen) atoms. The topological polar surface area (TPSA) is 153 Å². The maximum Gasteiger partial charge on any atom is 0.319 e. The maximum absolute atomic E-state index is 12.2. The van der Waals surface area contributed by atoms with Crippen molar-refractivity contribution in [3.63, 3.8) is 0 Å². The number of primary amides is 1. The first-order valence-corrected chi connectivity index (χ1v) is 10.1. The van der Waals surface area contributed by atoms with E-state index in [0.717, 1.165) is 50.8 Å². The van der Waals surface area contributed by atoms with Gasteiger partial charge in [-0.05, 0) is 36.6 Å². The Kier molecular flexibility index (Phi) is 7.27. The number of nitro benzene ring substituents is 1. The normalized spacial score (nSPS) is 14.3. The molecule has 0 spiro atoms. The predicted octanol–water partition coefficient (Wildman–Crippen LogP) is 1.66. The highest BCUT2D eigenvalue weighted by Crippen LogP contribution is 2.32. The summed E-state index contributed by atoms with van der Waals surface area (Å²) < 4.78 is 9.50. The molecule has 3 amide bonds. The Labute approximate surface area is 176 Å². The molecule has 0 bridgehead atoms. The van der Waals surface area contributed by atoms with Gasteiger partial charge in [0.1, 0.15) is 10.6 Å². The molecule has 2 heterocycles. The van der Waals surface area contributed by atoms with Gasteiger partial charge >= 0.3 is 6.03 Å². The second kappa shape index (κ2) is 10.1. The molecule has 1 aliphatic rings. The molecule has 11 nitrogen and oxygen atoms in total. The van der Waals surface area contributed by atoms with Crippen LogP contribution in [0.4, 0.5) is 15.5 Å². The number of rotatable bonds is 8. The van der Waals surface area contributed by atoms with Gasteiger partial charge in [0.25, 0.3) is 11.6 Å². The van der Waals surface area contributed by atoms with E-state index < -0.39 is 16.9 Å². The molecule has 12 heteroatoms. The summed E-state index contributed by atoms with van der Waals surface area (Å²) in [5.74, 6) is -0.750. The number of nitrogens with zero attached hydrogens (tertiary/aromatic N) is 3. The number of nitro groups is 1.